The van der Waals surface area contributed by atoms with E-state index in [1.165, 1.54) is 0 Å². The Morgan fingerprint density at radius 2 is 1.82 bits per heavy atom. The summed E-state index contributed by atoms with van der Waals surface area (Å²) in [5, 5.41) is 0. The summed E-state index contributed by atoms with van der Waals surface area (Å²) in [5.41, 5.74) is 1.82. The second-order valence-electron chi connectivity index (χ2n) is 9.40. The first-order chi connectivity index (χ1) is 16.5. The molecule has 34 heavy (non-hydrogen) atoms. The van der Waals surface area contributed by atoms with Crippen LogP contribution in [0.15, 0.2) is 41.6 Å². The predicted molar refractivity (Wildman–Crippen MR) is 130 cm³/mol. The zero-order chi connectivity index (χ0) is 23.7. The summed E-state index contributed by atoms with van der Waals surface area (Å²) in [5.74, 6) is 2.39. The SMILES string of the molecule is COc1ccc2c(c1)n(CC1CCC(C(=O)N3CCN(c4cnccn4)CC3)CC1)c(=O)n2C. The number of rotatable bonds is 5. The number of fused-ring (bicyclic) bond motifs is 1. The minimum absolute atomic E-state index is 0.00225. The monoisotopic (exact) mass is 464 g/mol. The highest BCUT2D eigenvalue weighted by Gasteiger charge is 2.32. The molecule has 2 aliphatic rings. The molecule has 180 valence electrons. The van der Waals surface area contributed by atoms with E-state index in [-0.39, 0.29) is 17.5 Å². The first-order valence-corrected chi connectivity index (χ1v) is 12.1. The number of carbonyl (C=O) groups is 1. The Hall–Kier alpha value is -3.36. The standard InChI is InChI=1S/C25H32N6O3/c1-28-21-8-7-20(34-2)15-22(21)31(25(28)33)17-18-3-5-19(6-4-18)24(32)30-13-11-29(12-14-30)23-16-26-9-10-27-23/h7-10,15-16,18-19H,3-6,11-14,17H2,1-2H3. The molecular weight excluding hydrogens is 432 g/mol. The predicted octanol–water partition coefficient (Wildman–Crippen LogP) is 2.29. The lowest BCUT2D eigenvalue weighted by Crippen LogP contribution is -2.51. The summed E-state index contributed by atoms with van der Waals surface area (Å²) in [4.78, 5) is 38.8. The minimum Gasteiger partial charge on any atom is -0.497 e. The Labute approximate surface area is 199 Å². The molecule has 3 heterocycles. The van der Waals surface area contributed by atoms with Crippen LogP contribution in [-0.2, 0) is 18.4 Å². The number of ether oxygens (including phenoxy) is 1. The largest absolute Gasteiger partial charge is 0.497 e. The van der Waals surface area contributed by atoms with Gasteiger partial charge < -0.3 is 14.5 Å². The van der Waals surface area contributed by atoms with Crippen LogP contribution in [0.3, 0.4) is 0 Å². The Kier molecular flexibility index (Phi) is 6.26. The van der Waals surface area contributed by atoms with Gasteiger partial charge in [-0.25, -0.2) is 9.78 Å². The maximum absolute atomic E-state index is 13.2. The topological polar surface area (TPSA) is 85.5 Å². The van der Waals surface area contributed by atoms with E-state index in [1.807, 2.05) is 34.7 Å². The maximum Gasteiger partial charge on any atom is 0.328 e. The highest BCUT2D eigenvalue weighted by molar-refractivity contribution is 5.79. The van der Waals surface area contributed by atoms with Crippen molar-refractivity contribution in [1.29, 1.82) is 0 Å². The summed E-state index contributed by atoms with van der Waals surface area (Å²) >= 11 is 0. The Morgan fingerprint density at radius 3 is 2.50 bits per heavy atom. The van der Waals surface area contributed by atoms with Gasteiger partial charge in [0.1, 0.15) is 11.6 Å². The average Bonchev–Trinajstić information content (AvgIpc) is 3.13. The molecular formula is C25H32N6O3. The van der Waals surface area contributed by atoms with Crippen LogP contribution in [-0.4, -0.2) is 63.2 Å². The number of hydrogen-bond donors (Lipinski definition) is 0. The van der Waals surface area contributed by atoms with E-state index in [1.54, 1.807) is 30.3 Å². The molecule has 0 radical (unpaired) electrons. The lowest BCUT2D eigenvalue weighted by Gasteiger charge is -2.38. The molecule has 0 bridgehead atoms. The van der Waals surface area contributed by atoms with E-state index in [4.69, 9.17) is 4.74 Å². The van der Waals surface area contributed by atoms with E-state index in [0.717, 1.165) is 74.5 Å². The van der Waals surface area contributed by atoms with Crippen LogP contribution in [0, 0.1) is 11.8 Å². The zero-order valence-electron chi connectivity index (χ0n) is 19.9. The molecule has 3 aromatic rings. The molecule has 1 amide bonds. The lowest BCUT2D eigenvalue weighted by molar-refractivity contribution is -0.137. The summed E-state index contributed by atoms with van der Waals surface area (Å²) in [6, 6.07) is 5.76. The van der Waals surface area contributed by atoms with Gasteiger partial charge in [0.05, 0.1) is 24.3 Å². The molecule has 1 saturated heterocycles. The van der Waals surface area contributed by atoms with Crippen molar-refractivity contribution in [3.05, 3.63) is 47.3 Å². The van der Waals surface area contributed by atoms with Crippen LogP contribution in [0.5, 0.6) is 5.75 Å². The molecule has 0 atom stereocenters. The lowest BCUT2D eigenvalue weighted by atomic mass is 9.81. The normalized spacial score (nSPS) is 21.1. The maximum atomic E-state index is 13.2. The fourth-order valence-corrected chi connectivity index (χ4v) is 5.41. The molecule has 2 aromatic heterocycles. The number of piperazine rings is 1. The third-order valence-electron chi connectivity index (χ3n) is 7.45. The van der Waals surface area contributed by atoms with Crippen LogP contribution in [0.25, 0.3) is 11.0 Å². The number of carbonyl (C=O) groups excluding carboxylic acids is 1. The number of aromatic nitrogens is 4. The van der Waals surface area contributed by atoms with Crippen molar-refractivity contribution in [1.82, 2.24) is 24.0 Å². The molecule has 1 aliphatic carbocycles. The van der Waals surface area contributed by atoms with E-state index in [0.29, 0.717) is 12.5 Å². The van der Waals surface area contributed by atoms with E-state index in [2.05, 4.69) is 14.9 Å². The number of imidazole rings is 1. The van der Waals surface area contributed by atoms with Crippen molar-refractivity contribution in [3.8, 4) is 5.75 Å². The molecule has 2 fully saturated rings. The Bertz CT molecular complexity index is 1200. The van der Waals surface area contributed by atoms with Crippen molar-refractivity contribution in [3.63, 3.8) is 0 Å². The molecule has 0 unspecified atom stereocenters. The van der Waals surface area contributed by atoms with E-state index < -0.39 is 0 Å². The fourth-order valence-electron chi connectivity index (χ4n) is 5.41. The van der Waals surface area contributed by atoms with Crippen LogP contribution in [0.2, 0.25) is 0 Å². The van der Waals surface area contributed by atoms with E-state index in [9.17, 15) is 9.59 Å². The molecule has 5 rings (SSSR count). The van der Waals surface area contributed by atoms with Gasteiger partial charge in [-0.1, -0.05) is 0 Å². The van der Waals surface area contributed by atoms with Gasteiger partial charge in [0, 0.05) is 64.1 Å². The smallest absolute Gasteiger partial charge is 0.328 e. The number of hydrogen-bond acceptors (Lipinski definition) is 6. The van der Waals surface area contributed by atoms with Crippen molar-refractivity contribution in [2.45, 2.75) is 32.2 Å². The van der Waals surface area contributed by atoms with Gasteiger partial charge in [0.15, 0.2) is 0 Å². The molecule has 1 aliphatic heterocycles. The number of benzene rings is 1. The first kappa shape index (κ1) is 22.4. The summed E-state index contributed by atoms with van der Waals surface area (Å²) in [7, 11) is 3.45. The first-order valence-electron chi connectivity index (χ1n) is 12.1. The number of methoxy groups -OCH3 is 1. The average molecular weight is 465 g/mol. The van der Waals surface area contributed by atoms with Crippen molar-refractivity contribution in [2.75, 3.05) is 38.2 Å². The fraction of sp³-hybridized carbons (Fsp3) is 0.520. The van der Waals surface area contributed by atoms with Crippen molar-refractivity contribution < 1.29 is 9.53 Å². The second kappa shape index (κ2) is 9.48. The zero-order valence-corrected chi connectivity index (χ0v) is 19.9. The molecule has 0 N–H and O–H groups in total. The van der Waals surface area contributed by atoms with Crippen LogP contribution < -0.4 is 15.3 Å². The summed E-state index contributed by atoms with van der Waals surface area (Å²) in [6.45, 7) is 3.70. The molecule has 1 saturated carbocycles. The van der Waals surface area contributed by atoms with Crippen LogP contribution >= 0.6 is 0 Å². The van der Waals surface area contributed by atoms with E-state index >= 15 is 0 Å². The highest BCUT2D eigenvalue weighted by atomic mass is 16.5. The van der Waals surface area contributed by atoms with Gasteiger partial charge in [-0.05, 0) is 43.7 Å². The molecule has 9 heteroatoms. The number of nitrogens with zero attached hydrogens (tertiary/aromatic N) is 6. The Balaban J connectivity index is 1.18. The van der Waals surface area contributed by atoms with Crippen molar-refractivity contribution in [2.24, 2.45) is 18.9 Å². The number of aryl methyl sites for hydroxylation is 1. The van der Waals surface area contributed by atoms with Crippen LogP contribution in [0.1, 0.15) is 25.7 Å². The third-order valence-corrected chi connectivity index (χ3v) is 7.45. The van der Waals surface area contributed by atoms with Gasteiger partial charge in [-0.15, -0.1) is 0 Å². The molecule has 9 nitrogen and oxygen atoms in total. The van der Waals surface area contributed by atoms with Crippen LogP contribution in [0.4, 0.5) is 5.82 Å². The van der Waals surface area contributed by atoms with Gasteiger partial charge in [0.2, 0.25) is 5.91 Å². The minimum atomic E-state index is 0.00225. The second-order valence-corrected chi connectivity index (χ2v) is 9.40. The molecule has 0 spiro atoms. The number of anilines is 1. The van der Waals surface area contributed by atoms with Gasteiger partial charge in [-0.3, -0.25) is 18.9 Å². The van der Waals surface area contributed by atoms with Gasteiger partial charge in [0.25, 0.3) is 0 Å². The van der Waals surface area contributed by atoms with Crippen molar-refractivity contribution >= 4 is 22.8 Å². The van der Waals surface area contributed by atoms with Gasteiger partial charge in [-0.2, -0.15) is 0 Å². The molecule has 1 aromatic carbocycles. The number of amides is 1. The quantitative estimate of drug-likeness (QED) is 0.576. The van der Waals surface area contributed by atoms with Gasteiger partial charge >= 0.3 is 5.69 Å². The summed E-state index contributed by atoms with van der Waals surface area (Å²) in [6.07, 6.45) is 8.84. The summed E-state index contributed by atoms with van der Waals surface area (Å²) < 4.78 is 8.94. The third kappa shape index (κ3) is 4.26. The Morgan fingerprint density at radius 1 is 1.06 bits per heavy atom. The highest BCUT2D eigenvalue weighted by Crippen LogP contribution is 2.32.